The van der Waals surface area contributed by atoms with Crippen molar-refractivity contribution in [3.63, 3.8) is 0 Å². The first-order valence-electron chi connectivity index (χ1n) is 35.2. The van der Waals surface area contributed by atoms with E-state index < -0.39 is 6.10 Å². The molecule has 1 unspecified atom stereocenters. The molecular weight excluding hydrogens is 1010 g/mol. The quantitative estimate of drug-likeness (QED) is 0.0261. The zero-order valence-corrected chi connectivity index (χ0v) is 54.2. The van der Waals surface area contributed by atoms with Gasteiger partial charge in [-0.1, -0.05) is 311 Å². The van der Waals surface area contributed by atoms with E-state index in [1.165, 1.54) is 199 Å². The number of allylic oxidation sites excluding steroid dienone is 16. The third kappa shape index (κ3) is 67.1. The smallest absolute Gasteiger partial charge is 0.306 e. The van der Waals surface area contributed by atoms with E-state index in [0.717, 1.165) is 109 Å². The van der Waals surface area contributed by atoms with Crippen LogP contribution < -0.4 is 0 Å². The van der Waals surface area contributed by atoms with Gasteiger partial charge in [-0.15, -0.1) is 0 Å². The van der Waals surface area contributed by atoms with Crippen molar-refractivity contribution in [1.82, 2.24) is 0 Å². The zero-order valence-electron chi connectivity index (χ0n) is 54.2. The molecule has 0 aromatic carbocycles. The van der Waals surface area contributed by atoms with Gasteiger partial charge in [-0.2, -0.15) is 0 Å². The van der Waals surface area contributed by atoms with Crippen molar-refractivity contribution in [2.75, 3.05) is 13.2 Å². The van der Waals surface area contributed by atoms with Gasteiger partial charge in [-0.25, -0.2) is 0 Å². The lowest BCUT2D eigenvalue weighted by molar-refractivity contribution is -0.167. The minimum atomic E-state index is -0.782. The Morgan fingerprint density at radius 2 is 0.500 bits per heavy atom. The molecular formula is C76H132O6. The van der Waals surface area contributed by atoms with Crippen LogP contribution in [0.3, 0.4) is 0 Å². The number of hydrogen-bond acceptors (Lipinski definition) is 6. The van der Waals surface area contributed by atoms with Crippen LogP contribution in [0.4, 0.5) is 0 Å². The second-order valence-electron chi connectivity index (χ2n) is 23.4. The summed E-state index contributed by atoms with van der Waals surface area (Å²) in [6, 6.07) is 0. The molecule has 0 N–H and O–H groups in total. The van der Waals surface area contributed by atoms with E-state index in [1.54, 1.807) is 0 Å². The average molecular weight is 1140 g/mol. The normalized spacial score (nSPS) is 12.7. The second-order valence-corrected chi connectivity index (χ2v) is 23.4. The van der Waals surface area contributed by atoms with Crippen molar-refractivity contribution >= 4 is 17.9 Å². The Balaban J connectivity index is 4.18. The van der Waals surface area contributed by atoms with E-state index >= 15 is 0 Å². The van der Waals surface area contributed by atoms with E-state index in [9.17, 15) is 14.4 Å². The van der Waals surface area contributed by atoms with E-state index in [4.69, 9.17) is 14.2 Å². The molecule has 0 saturated carbocycles. The van der Waals surface area contributed by atoms with Crippen LogP contribution in [0.5, 0.6) is 0 Å². The van der Waals surface area contributed by atoms with Crippen LogP contribution in [0.15, 0.2) is 97.2 Å². The third-order valence-corrected chi connectivity index (χ3v) is 15.3. The van der Waals surface area contributed by atoms with Gasteiger partial charge in [0.15, 0.2) is 6.10 Å². The van der Waals surface area contributed by atoms with Gasteiger partial charge in [0, 0.05) is 19.3 Å². The number of carbonyl (C=O) groups excluding carboxylic acids is 3. The van der Waals surface area contributed by atoms with Crippen molar-refractivity contribution in [2.24, 2.45) is 0 Å². The summed E-state index contributed by atoms with van der Waals surface area (Å²) in [5.74, 6) is -0.877. The van der Waals surface area contributed by atoms with Crippen molar-refractivity contribution in [1.29, 1.82) is 0 Å². The summed E-state index contributed by atoms with van der Waals surface area (Å²) in [6.45, 7) is 6.48. The molecule has 1 atom stereocenters. The summed E-state index contributed by atoms with van der Waals surface area (Å²) in [5, 5.41) is 0. The van der Waals surface area contributed by atoms with Crippen LogP contribution in [0.2, 0.25) is 0 Å². The number of hydrogen-bond donors (Lipinski definition) is 0. The molecule has 0 heterocycles. The van der Waals surface area contributed by atoms with Crippen LogP contribution >= 0.6 is 0 Å². The summed E-state index contributed by atoms with van der Waals surface area (Å²) in [4.78, 5) is 38.3. The molecule has 0 saturated heterocycles. The fourth-order valence-corrected chi connectivity index (χ4v) is 10.0. The van der Waals surface area contributed by atoms with Gasteiger partial charge in [0.25, 0.3) is 0 Å². The van der Waals surface area contributed by atoms with Crippen LogP contribution in [0.1, 0.15) is 348 Å². The van der Waals surface area contributed by atoms with Gasteiger partial charge in [0.1, 0.15) is 13.2 Å². The average Bonchev–Trinajstić information content (AvgIpc) is 3.48. The Labute approximate surface area is 508 Å². The first kappa shape index (κ1) is 78.3. The molecule has 0 spiro atoms. The maximum Gasteiger partial charge on any atom is 0.306 e. The van der Waals surface area contributed by atoms with Gasteiger partial charge >= 0.3 is 17.9 Å². The lowest BCUT2D eigenvalue weighted by Crippen LogP contribution is -2.30. The van der Waals surface area contributed by atoms with Crippen LogP contribution in [0, 0.1) is 0 Å². The predicted molar refractivity (Wildman–Crippen MR) is 357 cm³/mol. The number of ether oxygens (including phenoxy) is 3. The van der Waals surface area contributed by atoms with Crippen LogP contribution in [0.25, 0.3) is 0 Å². The minimum absolute atomic E-state index is 0.0785. The standard InChI is InChI=1S/C76H132O6/c1-4-7-10-13-16-19-22-24-26-28-30-32-34-36-37-38-39-41-42-44-46-48-50-52-54-57-60-63-66-69-75(78)81-72-73(71-80-74(77)68-65-62-59-56-21-18-15-12-9-6-3)82-76(79)70-67-64-61-58-55-53-51-49-47-45-43-40-35-33-31-29-27-25-23-20-17-14-11-8-5-2/h7,10,12,15-16,19,23-26,29-32,36-37,73H,4-6,8-9,11,13-14,17-18,20-22,27-28,33-35,38-72H2,1-3H3/b10-7-,15-12-,19-16-,25-23-,26-24-,31-29-,32-30-,37-36-. The Hall–Kier alpha value is -3.67. The molecule has 0 amide bonds. The number of carbonyl (C=O) groups is 3. The number of unbranched alkanes of at least 4 members (excludes halogenated alkanes) is 37. The molecule has 0 rings (SSSR count). The highest BCUT2D eigenvalue weighted by Gasteiger charge is 2.19. The maximum atomic E-state index is 12.9. The molecule has 0 radical (unpaired) electrons. The highest BCUT2D eigenvalue weighted by Crippen LogP contribution is 2.17. The number of rotatable bonds is 64. The molecule has 0 aromatic rings. The van der Waals surface area contributed by atoms with Gasteiger partial charge in [-0.05, 0) is 116 Å². The summed E-state index contributed by atoms with van der Waals surface area (Å²) in [5.41, 5.74) is 0. The van der Waals surface area contributed by atoms with Crippen molar-refractivity contribution in [3.8, 4) is 0 Å². The Morgan fingerprint density at radius 1 is 0.256 bits per heavy atom. The van der Waals surface area contributed by atoms with Crippen molar-refractivity contribution in [3.05, 3.63) is 97.2 Å². The van der Waals surface area contributed by atoms with Crippen LogP contribution in [-0.4, -0.2) is 37.2 Å². The summed E-state index contributed by atoms with van der Waals surface area (Å²) in [6.07, 6.45) is 94.4. The molecule has 82 heavy (non-hydrogen) atoms. The van der Waals surface area contributed by atoms with E-state index in [-0.39, 0.29) is 31.1 Å². The topological polar surface area (TPSA) is 78.9 Å². The predicted octanol–water partition coefficient (Wildman–Crippen LogP) is 24.4. The molecule has 472 valence electrons. The van der Waals surface area contributed by atoms with Gasteiger partial charge in [-0.3, -0.25) is 14.4 Å². The zero-order chi connectivity index (χ0) is 59.2. The molecule has 0 aliphatic rings. The highest BCUT2D eigenvalue weighted by atomic mass is 16.6. The Bertz CT molecular complexity index is 1590. The monoisotopic (exact) mass is 1140 g/mol. The third-order valence-electron chi connectivity index (χ3n) is 15.3. The van der Waals surface area contributed by atoms with Crippen molar-refractivity contribution in [2.45, 2.75) is 354 Å². The Morgan fingerprint density at radius 3 is 0.805 bits per heavy atom. The second kappa shape index (κ2) is 69.8. The number of esters is 3. The molecule has 0 bridgehead atoms. The molecule has 6 heteroatoms. The summed E-state index contributed by atoms with van der Waals surface area (Å²) < 4.78 is 16.9. The highest BCUT2D eigenvalue weighted by molar-refractivity contribution is 5.71. The van der Waals surface area contributed by atoms with Crippen LogP contribution in [-0.2, 0) is 28.6 Å². The molecule has 0 aromatic heterocycles. The fraction of sp³-hybridized carbons (Fsp3) is 0.750. The van der Waals surface area contributed by atoms with Gasteiger partial charge < -0.3 is 14.2 Å². The van der Waals surface area contributed by atoms with E-state index in [1.807, 2.05) is 0 Å². The maximum absolute atomic E-state index is 12.9. The molecule has 0 aliphatic carbocycles. The fourth-order valence-electron chi connectivity index (χ4n) is 10.0. The molecule has 0 fully saturated rings. The Kier molecular flexibility index (Phi) is 66.7. The SMILES string of the molecule is CC/C=C\C/C=C\C/C=C\C/C=C\C/C=C\CCCCCCCCCCCCCCCC(=O)OCC(COC(=O)CCCCCCC/C=C\CCC)OC(=O)CCCCCCCCCCCCCCC/C=C\C/C=C\CCCCCCC. The minimum Gasteiger partial charge on any atom is -0.462 e. The van der Waals surface area contributed by atoms with Gasteiger partial charge in [0.2, 0.25) is 0 Å². The summed E-state index contributed by atoms with van der Waals surface area (Å²) in [7, 11) is 0. The lowest BCUT2D eigenvalue weighted by atomic mass is 10.0. The van der Waals surface area contributed by atoms with E-state index in [0.29, 0.717) is 19.3 Å². The lowest BCUT2D eigenvalue weighted by Gasteiger charge is -2.18. The van der Waals surface area contributed by atoms with Crippen molar-refractivity contribution < 1.29 is 28.6 Å². The largest absolute Gasteiger partial charge is 0.462 e. The molecule has 6 nitrogen and oxygen atoms in total. The summed E-state index contributed by atoms with van der Waals surface area (Å²) >= 11 is 0. The first-order valence-corrected chi connectivity index (χ1v) is 35.2. The van der Waals surface area contributed by atoms with E-state index in [2.05, 4.69) is 118 Å². The first-order chi connectivity index (χ1) is 40.5. The molecule has 0 aliphatic heterocycles. The van der Waals surface area contributed by atoms with Gasteiger partial charge in [0.05, 0.1) is 0 Å².